The van der Waals surface area contributed by atoms with Crippen molar-refractivity contribution in [2.45, 2.75) is 51.9 Å². The van der Waals surface area contributed by atoms with Crippen LogP contribution in [0.5, 0.6) is 5.75 Å². The molecule has 2 heterocycles. The molecule has 1 fully saturated rings. The number of carbonyl (C=O) groups excluding carboxylic acids is 2. The molecule has 3 rings (SSSR count). The molecule has 11 heteroatoms. The van der Waals surface area contributed by atoms with Gasteiger partial charge in [0, 0.05) is 37.8 Å². The van der Waals surface area contributed by atoms with E-state index in [2.05, 4.69) is 20.5 Å². The molecule has 0 aliphatic carbocycles. The highest BCUT2D eigenvalue weighted by Gasteiger charge is 2.31. The molecule has 2 N–H and O–H groups in total. The van der Waals surface area contributed by atoms with Crippen molar-refractivity contribution in [2.75, 3.05) is 25.1 Å². The Bertz CT molecular complexity index is 987. The van der Waals surface area contributed by atoms with Crippen molar-refractivity contribution in [3.63, 3.8) is 0 Å². The van der Waals surface area contributed by atoms with Gasteiger partial charge in [0.25, 0.3) is 0 Å². The van der Waals surface area contributed by atoms with E-state index < -0.39 is 12.3 Å². The number of halogens is 3. The Hall–Kier alpha value is -3.08. The van der Waals surface area contributed by atoms with E-state index in [1.165, 1.54) is 18.2 Å². The van der Waals surface area contributed by atoms with Crippen LogP contribution in [-0.4, -0.2) is 47.7 Å². The van der Waals surface area contributed by atoms with Crippen molar-refractivity contribution in [1.29, 1.82) is 0 Å². The summed E-state index contributed by atoms with van der Waals surface area (Å²) in [6.45, 7) is 4.85. The molecule has 1 saturated heterocycles. The van der Waals surface area contributed by atoms with Crippen LogP contribution in [0, 0.1) is 5.92 Å². The van der Waals surface area contributed by atoms with Crippen molar-refractivity contribution >= 4 is 17.6 Å². The number of anilines is 1. The lowest BCUT2D eigenvalue weighted by Gasteiger charge is -2.24. The van der Waals surface area contributed by atoms with Crippen LogP contribution in [0.3, 0.4) is 0 Å². The first kappa shape index (κ1) is 25.5. The third kappa shape index (κ3) is 7.21. The van der Waals surface area contributed by atoms with E-state index in [9.17, 15) is 22.8 Å². The number of ether oxygens (including phenoxy) is 2. The SMILES string of the molecule is CCCC(=O)NCC(C)C(=O)Nc1cc(-c2cccc(OC(F)(F)F)c2)n(C2CCOCC2)n1. The molecular weight excluding hydrogens is 453 g/mol. The number of carbonyl (C=O) groups is 2. The zero-order chi connectivity index (χ0) is 24.7. The fraction of sp³-hybridized carbons (Fsp3) is 0.522. The number of nitrogens with one attached hydrogen (secondary N) is 2. The lowest BCUT2D eigenvalue weighted by atomic mass is 10.1. The highest BCUT2D eigenvalue weighted by atomic mass is 19.4. The molecule has 34 heavy (non-hydrogen) atoms. The van der Waals surface area contributed by atoms with Gasteiger partial charge >= 0.3 is 6.36 Å². The van der Waals surface area contributed by atoms with Crippen molar-refractivity contribution in [3.8, 4) is 17.0 Å². The molecule has 0 saturated carbocycles. The molecule has 1 aromatic carbocycles. The number of benzene rings is 1. The number of nitrogens with zero attached hydrogens (tertiary/aromatic N) is 2. The van der Waals surface area contributed by atoms with E-state index in [1.54, 1.807) is 23.7 Å². The molecule has 1 unspecified atom stereocenters. The maximum absolute atomic E-state index is 12.7. The van der Waals surface area contributed by atoms with Gasteiger partial charge in [-0.15, -0.1) is 13.2 Å². The summed E-state index contributed by atoms with van der Waals surface area (Å²) in [5.74, 6) is -1.00. The molecule has 2 aromatic rings. The summed E-state index contributed by atoms with van der Waals surface area (Å²) >= 11 is 0. The van der Waals surface area contributed by atoms with Gasteiger partial charge in [-0.2, -0.15) is 5.10 Å². The number of hydrogen-bond acceptors (Lipinski definition) is 5. The Morgan fingerprint density at radius 1 is 1.26 bits per heavy atom. The van der Waals surface area contributed by atoms with Gasteiger partial charge in [-0.1, -0.05) is 26.0 Å². The Morgan fingerprint density at radius 2 is 2.00 bits per heavy atom. The standard InChI is InChI=1S/C23H29F3N4O4/c1-3-5-21(31)27-14-15(2)22(32)28-20-13-19(30(29-20)17-8-10-33-11-9-17)16-6-4-7-18(12-16)34-23(24,25)26/h4,6-7,12-13,15,17H,3,5,8-11,14H2,1-2H3,(H,27,31)(H,28,29,32). The highest BCUT2D eigenvalue weighted by Crippen LogP contribution is 2.33. The second kappa shape index (κ2) is 11.4. The van der Waals surface area contributed by atoms with Crippen molar-refractivity contribution in [2.24, 2.45) is 5.92 Å². The van der Waals surface area contributed by atoms with Crippen molar-refractivity contribution < 1.29 is 32.2 Å². The normalized spacial score (nSPS) is 15.6. The molecule has 1 aromatic heterocycles. The zero-order valence-electron chi connectivity index (χ0n) is 19.2. The minimum Gasteiger partial charge on any atom is -0.406 e. The predicted octanol–water partition coefficient (Wildman–Crippen LogP) is 4.29. The molecule has 1 aliphatic rings. The molecule has 0 spiro atoms. The molecule has 0 radical (unpaired) electrons. The van der Waals surface area contributed by atoms with Crippen LogP contribution in [0.15, 0.2) is 30.3 Å². The maximum atomic E-state index is 12.7. The predicted molar refractivity (Wildman–Crippen MR) is 119 cm³/mol. The molecule has 2 amide bonds. The average Bonchev–Trinajstić information content (AvgIpc) is 3.21. The van der Waals surface area contributed by atoms with E-state index in [-0.39, 0.29) is 36.0 Å². The van der Waals surface area contributed by atoms with Gasteiger partial charge in [0.1, 0.15) is 5.75 Å². The summed E-state index contributed by atoms with van der Waals surface area (Å²) in [6, 6.07) is 7.24. The largest absolute Gasteiger partial charge is 0.573 e. The molecule has 186 valence electrons. The van der Waals surface area contributed by atoms with E-state index in [1.807, 2.05) is 6.92 Å². The minimum atomic E-state index is -4.80. The maximum Gasteiger partial charge on any atom is 0.573 e. The molecule has 0 bridgehead atoms. The minimum absolute atomic E-state index is 0.0349. The van der Waals surface area contributed by atoms with Gasteiger partial charge in [0.15, 0.2) is 5.82 Å². The summed E-state index contributed by atoms with van der Waals surface area (Å²) in [5.41, 5.74) is 1.03. The Labute approximate surface area is 195 Å². The van der Waals surface area contributed by atoms with E-state index in [4.69, 9.17) is 4.74 Å². The van der Waals surface area contributed by atoms with Gasteiger partial charge in [0.05, 0.1) is 17.7 Å². The molecule has 1 aliphatic heterocycles. The quantitative estimate of drug-likeness (QED) is 0.556. The van der Waals surface area contributed by atoms with E-state index in [0.717, 1.165) is 0 Å². The topological polar surface area (TPSA) is 94.5 Å². The molecule has 1 atom stereocenters. The highest BCUT2D eigenvalue weighted by molar-refractivity contribution is 5.92. The summed E-state index contributed by atoms with van der Waals surface area (Å²) < 4.78 is 49.3. The van der Waals surface area contributed by atoms with Crippen molar-refractivity contribution in [1.82, 2.24) is 15.1 Å². The number of amides is 2. The fourth-order valence-electron chi connectivity index (χ4n) is 3.66. The average molecular weight is 483 g/mol. The Kier molecular flexibility index (Phi) is 8.54. The number of aromatic nitrogens is 2. The summed E-state index contributed by atoms with van der Waals surface area (Å²) in [7, 11) is 0. The van der Waals surface area contributed by atoms with E-state index >= 15 is 0 Å². The Balaban J connectivity index is 1.81. The first-order valence-electron chi connectivity index (χ1n) is 11.3. The van der Waals surface area contributed by atoms with Crippen LogP contribution in [0.25, 0.3) is 11.3 Å². The van der Waals surface area contributed by atoms with Crippen LogP contribution in [0.1, 0.15) is 45.6 Å². The van der Waals surface area contributed by atoms with Gasteiger partial charge in [-0.25, -0.2) is 0 Å². The van der Waals surface area contributed by atoms with Crippen LogP contribution < -0.4 is 15.4 Å². The molecule has 8 nitrogen and oxygen atoms in total. The number of hydrogen-bond donors (Lipinski definition) is 2. The van der Waals surface area contributed by atoms with Gasteiger partial charge < -0.3 is 20.1 Å². The fourth-order valence-corrected chi connectivity index (χ4v) is 3.66. The van der Waals surface area contributed by atoms with Crippen LogP contribution in [0.2, 0.25) is 0 Å². The summed E-state index contributed by atoms with van der Waals surface area (Å²) in [4.78, 5) is 24.3. The third-order valence-electron chi connectivity index (χ3n) is 5.42. The zero-order valence-corrected chi connectivity index (χ0v) is 19.2. The lowest BCUT2D eigenvalue weighted by molar-refractivity contribution is -0.274. The van der Waals surface area contributed by atoms with Crippen molar-refractivity contribution in [3.05, 3.63) is 30.3 Å². The first-order chi connectivity index (χ1) is 16.2. The lowest BCUT2D eigenvalue weighted by Crippen LogP contribution is -2.34. The molecular formula is C23H29F3N4O4. The number of alkyl halides is 3. The smallest absolute Gasteiger partial charge is 0.406 e. The van der Waals surface area contributed by atoms with Crippen LogP contribution in [0.4, 0.5) is 19.0 Å². The van der Waals surface area contributed by atoms with E-state index in [0.29, 0.717) is 50.2 Å². The summed E-state index contributed by atoms with van der Waals surface area (Å²) in [5, 5.41) is 10.0. The van der Waals surface area contributed by atoms with Gasteiger partial charge in [-0.05, 0) is 31.4 Å². The second-order valence-electron chi connectivity index (χ2n) is 8.22. The summed E-state index contributed by atoms with van der Waals surface area (Å²) in [6.07, 6.45) is -2.33. The van der Waals surface area contributed by atoms with Gasteiger partial charge in [0.2, 0.25) is 11.8 Å². The van der Waals surface area contributed by atoms with Crippen LogP contribution >= 0.6 is 0 Å². The third-order valence-corrected chi connectivity index (χ3v) is 5.42. The second-order valence-corrected chi connectivity index (χ2v) is 8.22. The van der Waals surface area contributed by atoms with Crippen LogP contribution in [-0.2, 0) is 14.3 Å². The monoisotopic (exact) mass is 482 g/mol. The van der Waals surface area contributed by atoms with Gasteiger partial charge in [-0.3, -0.25) is 14.3 Å². The number of rotatable bonds is 9. The Morgan fingerprint density at radius 3 is 2.68 bits per heavy atom. The first-order valence-corrected chi connectivity index (χ1v) is 11.3.